The number of nitrogens with two attached hydrogens (primary N) is 1. The Balaban J connectivity index is 1.70. The highest BCUT2D eigenvalue weighted by molar-refractivity contribution is 5.93. The molecule has 1 atom stereocenters. The minimum absolute atomic E-state index is 0.0480. The summed E-state index contributed by atoms with van der Waals surface area (Å²) in [5.74, 6) is -0.340. The first kappa shape index (κ1) is 13.7. The average molecular weight is 290 g/mol. The molecule has 0 spiro atoms. The van der Waals surface area contributed by atoms with Crippen molar-refractivity contribution in [3.8, 4) is 0 Å². The maximum absolute atomic E-state index is 12.4. The molecule has 3 rings (SSSR count). The molecular weight excluding hydrogens is 272 g/mol. The van der Waals surface area contributed by atoms with Crippen molar-refractivity contribution in [2.45, 2.75) is 25.2 Å². The van der Waals surface area contributed by atoms with Crippen LogP contribution in [-0.4, -0.2) is 46.6 Å². The summed E-state index contributed by atoms with van der Waals surface area (Å²) in [6.07, 6.45) is 4.12. The lowest BCUT2D eigenvalue weighted by molar-refractivity contribution is -0.128. The van der Waals surface area contributed by atoms with Crippen LogP contribution >= 0.6 is 0 Å². The molecule has 2 amide bonds. The van der Waals surface area contributed by atoms with Gasteiger partial charge < -0.3 is 15.4 Å². The summed E-state index contributed by atoms with van der Waals surface area (Å²) < 4.78 is 5.13. The van der Waals surface area contributed by atoms with Gasteiger partial charge in [0, 0.05) is 31.1 Å². The van der Waals surface area contributed by atoms with E-state index in [4.69, 9.17) is 10.5 Å². The Morgan fingerprint density at radius 1 is 1.48 bits per heavy atom. The summed E-state index contributed by atoms with van der Waals surface area (Å²) in [5.41, 5.74) is 7.04. The number of amides is 2. The van der Waals surface area contributed by atoms with Crippen LogP contribution < -0.4 is 5.73 Å². The van der Waals surface area contributed by atoms with Gasteiger partial charge in [0.05, 0.1) is 18.4 Å². The molecule has 2 aliphatic rings. The van der Waals surface area contributed by atoms with Crippen LogP contribution in [0.1, 0.15) is 41.4 Å². The number of aromatic nitrogens is 2. The molecule has 3 N–H and O–H groups in total. The van der Waals surface area contributed by atoms with Gasteiger partial charge in [-0.2, -0.15) is 5.10 Å². The molecule has 7 heteroatoms. The van der Waals surface area contributed by atoms with Gasteiger partial charge in [0.1, 0.15) is 5.69 Å². The molecule has 21 heavy (non-hydrogen) atoms. The number of hydrogen-bond acceptors (Lipinski definition) is 4. The Morgan fingerprint density at radius 3 is 3.00 bits per heavy atom. The largest absolute Gasteiger partial charge is 0.500 e. The molecule has 1 aromatic heterocycles. The summed E-state index contributed by atoms with van der Waals surface area (Å²) in [7, 11) is 0. The van der Waals surface area contributed by atoms with E-state index in [1.54, 1.807) is 12.3 Å². The van der Waals surface area contributed by atoms with E-state index in [0.717, 1.165) is 30.7 Å². The topological polar surface area (TPSA) is 101 Å². The summed E-state index contributed by atoms with van der Waals surface area (Å²) in [6.45, 7) is 1.96. The van der Waals surface area contributed by atoms with Gasteiger partial charge in [-0.15, -0.1) is 0 Å². The van der Waals surface area contributed by atoms with Crippen LogP contribution in [0.4, 0.5) is 0 Å². The van der Waals surface area contributed by atoms with E-state index in [1.807, 2.05) is 4.90 Å². The summed E-state index contributed by atoms with van der Waals surface area (Å²) in [6, 6.07) is 1.68. The molecule has 0 aliphatic carbocycles. The summed E-state index contributed by atoms with van der Waals surface area (Å²) >= 11 is 0. The van der Waals surface area contributed by atoms with Gasteiger partial charge in [-0.1, -0.05) is 0 Å². The molecule has 0 aromatic carbocycles. The van der Waals surface area contributed by atoms with Gasteiger partial charge in [0.15, 0.2) is 0 Å². The van der Waals surface area contributed by atoms with Crippen LogP contribution in [0.3, 0.4) is 0 Å². The fraction of sp³-hybridized carbons (Fsp3) is 0.500. The lowest BCUT2D eigenvalue weighted by Gasteiger charge is -2.32. The smallest absolute Gasteiger partial charge is 0.269 e. The lowest BCUT2D eigenvalue weighted by Crippen LogP contribution is -2.39. The number of nitrogens with zero attached hydrogens (tertiary/aromatic N) is 2. The third-order valence-electron chi connectivity index (χ3n) is 3.99. The highest BCUT2D eigenvalue weighted by Crippen LogP contribution is 2.27. The lowest BCUT2D eigenvalue weighted by atomic mass is 9.94. The van der Waals surface area contributed by atoms with Gasteiger partial charge in [-0.25, -0.2) is 0 Å². The van der Waals surface area contributed by atoms with Crippen LogP contribution in [-0.2, 0) is 9.53 Å². The zero-order valence-electron chi connectivity index (χ0n) is 11.7. The minimum Gasteiger partial charge on any atom is -0.500 e. The fourth-order valence-corrected chi connectivity index (χ4v) is 2.84. The van der Waals surface area contributed by atoms with Crippen molar-refractivity contribution in [1.82, 2.24) is 15.1 Å². The molecule has 0 radical (unpaired) electrons. The molecule has 112 valence electrons. The number of aromatic amines is 1. The van der Waals surface area contributed by atoms with Gasteiger partial charge in [0.25, 0.3) is 11.8 Å². The molecule has 1 saturated heterocycles. The van der Waals surface area contributed by atoms with E-state index in [1.165, 1.54) is 0 Å². The molecule has 3 heterocycles. The van der Waals surface area contributed by atoms with Crippen LogP contribution in [0, 0.1) is 0 Å². The highest BCUT2D eigenvalue weighted by Gasteiger charge is 2.28. The third kappa shape index (κ3) is 2.76. The van der Waals surface area contributed by atoms with E-state index in [-0.39, 0.29) is 17.5 Å². The van der Waals surface area contributed by atoms with E-state index in [2.05, 4.69) is 10.2 Å². The second-order valence-electron chi connectivity index (χ2n) is 5.43. The zero-order chi connectivity index (χ0) is 14.8. The van der Waals surface area contributed by atoms with Crippen molar-refractivity contribution in [2.24, 2.45) is 5.73 Å². The monoisotopic (exact) mass is 290 g/mol. The van der Waals surface area contributed by atoms with Crippen LogP contribution in [0.15, 0.2) is 17.9 Å². The van der Waals surface area contributed by atoms with Crippen LogP contribution in [0.25, 0.3) is 0 Å². The van der Waals surface area contributed by atoms with Crippen molar-refractivity contribution in [3.63, 3.8) is 0 Å². The minimum atomic E-state index is -0.547. The number of primary amides is 1. The Hall–Kier alpha value is -2.31. The average Bonchev–Trinajstić information content (AvgIpc) is 3.18. The number of rotatable bonds is 3. The number of carbonyl (C=O) groups excluding carboxylic acids is 2. The fourth-order valence-electron chi connectivity index (χ4n) is 2.84. The maximum Gasteiger partial charge on any atom is 0.269 e. The molecule has 0 unspecified atom stereocenters. The second-order valence-corrected chi connectivity index (χ2v) is 5.43. The number of hydrogen-bond donors (Lipinski definition) is 2. The predicted molar refractivity (Wildman–Crippen MR) is 74.3 cm³/mol. The van der Waals surface area contributed by atoms with E-state index in [9.17, 15) is 9.59 Å². The Morgan fingerprint density at radius 2 is 2.33 bits per heavy atom. The maximum atomic E-state index is 12.4. The molecule has 2 aliphatic heterocycles. The Kier molecular flexibility index (Phi) is 3.64. The van der Waals surface area contributed by atoms with Crippen LogP contribution in [0.5, 0.6) is 0 Å². The van der Waals surface area contributed by atoms with Gasteiger partial charge in [-0.3, -0.25) is 14.7 Å². The van der Waals surface area contributed by atoms with Crippen molar-refractivity contribution in [1.29, 1.82) is 0 Å². The SMILES string of the molecule is NC(=O)c1cc([C@H]2CCCN(C(=O)C3=COCC3)C2)[nH]n1. The first-order valence-electron chi connectivity index (χ1n) is 7.10. The third-order valence-corrected chi connectivity index (χ3v) is 3.99. The molecule has 1 fully saturated rings. The van der Waals surface area contributed by atoms with Crippen LogP contribution in [0.2, 0.25) is 0 Å². The van der Waals surface area contributed by atoms with Crippen molar-refractivity contribution >= 4 is 11.8 Å². The Bertz CT molecular complexity index is 593. The number of ether oxygens (including phenoxy) is 1. The van der Waals surface area contributed by atoms with Gasteiger partial charge in [0.2, 0.25) is 0 Å². The predicted octanol–water partition coefficient (Wildman–Crippen LogP) is 0.519. The molecule has 7 nitrogen and oxygen atoms in total. The first-order chi connectivity index (χ1) is 10.1. The molecule has 0 bridgehead atoms. The zero-order valence-corrected chi connectivity index (χ0v) is 11.7. The highest BCUT2D eigenvalue weighted by atomic mass is 16.5. The molecule has 1 aromatic rings. The van der Waals surface area contributed by atoms with Gasteiger partial charge >= 0.3 is 0 Å². The van der Waals surface area contributed by atoms with E-state index in [0.29, 0.717) is 19.6 Å². The second kappa shape index (κ2) is 5.59. The van der Waals surface area contributed by atoms with Crippen molar-refractivity contribution < 1.29 is 14.3 Å². The number of H-pyrrole nitrogens is 1. The van der Waals surface area contributed by atoms with Gasteiger partial charge in [-0.05, 0) is 18.9 Å². The quantitative estimate of drug-likeness (QED) is 0.847. The number of likely N-dealkylation sites (tertiary alicyclic amines) is 1. The van der Waals surface area contributed by atoms with E-state index < -0.39 is 5.91 Å². The summed E-state index contributed by atoms with van der Waals surface area (Å²) in [5, 5.41) is 6.76. The summed E-state index contributed by atoms with van der Waals surface area (Å²) in [4.78, 5) is 25.3. The first-order valence-corrected chi connectivity index (χ1v) is 7.10. The molecule has 0 saturated carbocycles. The normalized spacial score (nSPS) is 21.8. The Labute approximate surface area is 122 Å². The van der Waals surface area contributed by atoms with E-state index >= 15 is 0 Å². The molecular formula is C14H18N4O3. The number of nitrogens with one attached hydrogen (secondary N) is 1. The standard InChI is InChI=1S/C14H18N4O3/c15-13(19)12-6-11(16-17-12)9-2-1-4-18(7-9)14(20)10-3-5-21-8-10/h6,8-9H,1-5,7H2,(H2,15,19)(H,16,17)/t9-/m0/s1. The number of piperidine rings is 1. The van der Waals surface area contributed by atoms with Crippen molar-refractivity contribution in [3.05, 3.63) is 29.3 Å². The van der Waals surface area contributed by atoms with Crippen molar-refractivity contribution in [2.75, 3.05) is 19.7 Å². The number of carbonyl (C=O) groups is 2.